The Balaban J connectivity index is 1.42. The van der Waals surface area contributed by atoms with Gasteiger partial charge in [0, 0.05) is 56.1 Å². The molecule has 0 spiro atoms. The van der Waals surface area contributed by atoms with Crippen molar-refractivity contribution in [1.82, 2.24) is 24.4 Å². The summed E-state index contributed by atoms with van der Waals surface area (Å²) in [7, 11) is 0. The van der Waals surface area contributed by atoms with Crippen LogP contribution in [-0.4, -0.2) is 31.6 Å². The molecule has 0 radical (unpaired) electrons. The predicted molar refractivity (Wildman–Crippen MR) is 93.3 cm³/mol. The fourth-order valence-electron chi connectivity index (χ4n) is 2.61. The average molecular weight is 341 g/mol. The lowest BCUT2D eigenvalue weighted by Gasteiger charge is -2.08. The molecule has 2 N–H and O–H groups in total. The zero-order chi connectivity index (χ0) is 17.6. The Bertz CT molecular complexity index is 985. The summed E-state index contributed by atoms with van der Waals surface area (Å²) >= 11 is 0. The van der Waals surface area contributed by atoms with E-state index in [1.807, 2.05) is 24.4 Å². The molecular formula is C17H19N5O3. The lowest BCUT2D eigenvalue weighted by molar-refractivity contribution is -0.121. The molecule has 1 amide bonds. The van der Waals surface area contributed by atoms with E-state index in [0.29, 0.717) is 6.54 Å². The molecule has 0 unspecified atom stereocenters. The van der Waals surface area contributed by atoms with E-state index < -0.39 is 11.2 Å². The van der Waals surface area contributed by atoms with Crippen LogP contribution in [0.25, 0.3) is 11.0 Å². The Morgan fingerprint density at radius 3 is 2.80 bits per heavy atom. The third kappa shape index (κ3) is 4.23. The minimum absolute atomic E-state index is 0.131. The molecule has 0 fully saturated rings. The minimum atomic E-state index is -0.507. The molecule has 0 aromatic carbocycles. The number of aromatic amines is 1. The number of carbonyl (C=O) groups is 1. The number of carbonyl (C=O) groups excluding carboxylic acids is 1. The number of hydrogen-bond donors (Lipinski definition) is 2. The highest BCUT2D eigenvalue weighted by Crippen LogP contribution is 2.12. The first-order valence-electron chi connectivity index (χ1n) is 8.10. The zero-order valence-corrected chi connectivity index (χ0v) is 13.6. The maximum Gasteiger partial charge on any atom is 0.328 e. The van der Waals surface area contributed by atoms with E-state index in [2.05, 4.69) is 19.9 Å². The number of hydrogen-bond acceptors (Lipinski definition) is 4. The summed E-state index contributed by atoms with van der Waals surface area (Å²) in [4.78, 5) is 40.9. The molecule has 3 rings (SSSR count). The van der Waals surface area contributed by atoms with Crippen molar-refractivity contribution in [1.29, 1.82) is 0 Å². The molecule has 0 saturated heterocycles. The zero-order valence-electron chi connectivity index (χ0n) is 13.6. The molecule has 3 aromatic rings. The van der Waals surface area contributed by atoms with Crippen LogP contribution in [0, 0.1) is 0 Å². The van der Waals surface area contributed by atoms with E-state index in [1.54, 1.807) is 6.20 Å². The molecule has 0 aliphatic heterocycles. The summed E-state index contributed by atoms with van der Waals surface area (Å²) in [5, 5.41) is 3.93. The summed E-state index contributed by atoms with van der Waals surface area (Å²) in [5.74, 6) is -0.131. The van der Waals surface area contributed by atoms with Crippen molar-refractivity contribution in [3.05, 3.63) is 63.7 Å². The third-order valence-electron chi connectivity index (χ3n) is 3.90. The number of amides is 1. The molecule has 0 saturated carbocycles. The first kappa shape index (κ1) is 16.7. The van der Waals surface area contributed by atoms with Crippen molar-refractivity contribution in [3.8, 4) is 0 Å². The van der Waals surface area contributed by atoms with Crippen LogP contribution >= 0.6 is 0 Å². The second-order valence-electron chi connectivity index (χ2n) is 5.68. The monoisotopic (exact) mass is 341 g/mol. The van der Waals surface area contributed by atoms with E-state index in [1.165, 1.54) is 16.8 Å². The van der Waals surface area contributed by atoms with E-state index in [-0.39, 0.29) is 18.9 Å². The summed E-state index contributed by atoms with van der Waals surface area (Å²) < 4.78 is 3.36. The Labute approximate surface area is 143 Å². The highest BCUT2D eigenvalue weighted by Gasteiger charge is 2.04. The van der Waals surface area contributed by atoms with Crippen molar-refractivity contribution in [2.45, 2.75) is 25.9 Å². The summed E-state index contributed by atoms with van der Waals surface area (Å²) in [6, 6.07) is 7.19. The summed E-state index contributed by atoms with van der Waals surface area (Å²) in [5.41, 5.74) is -0.0173. The van der Waals surface area contributed by atoms with Gasteiger partial charge in [-0.3, -0.25) is 14.6 Å². The van der Waals surface area contributed by atoms with Crippen LogP contribution in [0.15, 0.2) is 52.4 Å². The van der Waals surface area contributed by atoms with Gasteiger partial charge in [-0.1, -0.05) is 0 Å². The smallest absolute Gasteiger partial charge is 0.328 e. The number of H-pyrrole nitrogens is 1. The quantitative estimate of drug-likeness (QED) is 0.610. The Morgan fingerprint density at radius 1 is 1.12 bits per heavy atom. The van der Waals surface area contributed by atoms with Gasteiger partial charge in [-0.05, 0) is 24.6 Å². The molecule has 3 aromatic heterocycles. The van der Waals surface area contributed by atoms with Gasteiger partial charge >= 0.3 is 5.69 Å². The first-order valence-corrected chi connectivity index (χ1v) is 8.10. The number of nitrogens with one attached hydrogen (secondary N) is 2. The molecule has 8 heteroatoms. The van der Waals surface area contributed by atoms with Crippen LogP contribution < -0.4 is 16.6 Å². The molecule has 130 valence electrons. The average Bonchev–Trinajstić information content (AvgIpc) is 3.01. The topological polar surface area (TPSA) is 102 Å². The normalized spacial score (nSPS) is 10.9. The molecule has 25 heavy (non-hydrogen) atoms. The van der Waals surface area contributed by atoms with Gasteiger partial charge in [0.2, 0.25) is 5.91 Å². The van der Waals surface area contributed by atoms with Gasteiger partial charge in [-0.2, -0.15) is 0 Å². The SMILES string of the molecule is O=C(CCn1ccc(=O)[nH]c1=O)NCCCn1ccc2cccnc21. The van der Waals surface area contributed by atoms with Gasteiger partial charge in [-0.25, -0.2) is 9.78 Å². The molecular weight excluding hydrogens is 322 g/mol. The Hall–Kier alpha value is -3.16. The van der Waals surface area contributed by atoms with Crippen molar-refractivity contribution >= 4 is 16.9 Å². The van der Waals surface area contributed by atoms with Gasteiger partial charge in [-0.15, -0.1) is 0 Å². The molecule has 3 heterocycles. The van der Waals surface area contributed by atoms with Crippen LogP contribution in [-0.2, 0) is 17.9 Å². The number of fused-ring (bicyclic) bond motifs is 1. The minimum Gasteiger partial charge on any atom is -0.356 e. The van der Waals surface area contributed by atoms with Crippen LogP contribution in [0.3, 0.4) is 0 Å². The van der Waals surface area contributed by atoms with Gasteiger partial charge in [0.1, 0.15) is 5.65 Å². The predicted octanol–water partition coefficient (Wildman–Crippen LogP) is 0.483. The van der Waals surface area contributed by atoms with Crippen LogP contribution in [0.1, 0.15) is 12.8 Å². The van der Waals surface area contributed by atoms with E-state index >= 15 is 0 Å². The number of nitrogens with zero attached hydrogens (tertiary/aromatic N) is 3. The molecule has 0 aliphatic rings. The number of rotatable bonds is 7. The van der Waals surface area contributed by atoms with Crippen molar-refractivity contribution in [3.63, 3.8) is 0 Å². The van der Waals surface area contributed by atoms with Gasteiger partial charge in [0.25, 0.3) is 5.56 Å². The molecule has 0 bridgehead atoms. The Morgan fingerprint density at radius 2 is 1.96 bits per heavy atom. The molecule has 0 aliphatic carbocycles. The second kappa shape index (κ2) is 7.61. The maximum absolute atomic E-state index is 11.9. The number of pyridine rings is 1. The van der Waals surface area contributed by atoms with Crippen LogP contribution in [0.4, 0.5) is 0 Å². The second-order valence-corrected chi connectivity index (χ2v) is 5.68. The van der Waals surface area contributed by atoms with Gasteiger partial charge < -0.3 is 14.5 Å². The fourth-order valence-corrected chi connectivity index (χ4v) is 2.61. The summed E-state index contributed by atoms with van der Waals surface area (Å²) in [6.45, 7) is 1.54. The molecule has 8 nitrogen and oxygen atoms in total. The first-order chi connectivity index (χ1) is 12.1. The lowest BCUT2D eigenvalue weighted by Crippen LogP contribution is -2.31. The number of aryl methyl sites for hydroxylation is 2. The molecule has 0 atom stereocenters. The summed E-state index contributed by atoms with van der Waals surface area (Å²) in [6.07, 6.45) is 6.10. The van der Waals surface area contributed by atoms with Crippen molar-refractivity contribution in [2.24, 2.45) is 0 Å². The number of aromatic nitrogens is 4. The van der Waals surface area contributed by atoms with Crippen molar-refractivity contribution in [2.75, 3.05) is 6.54 Å². The lowest BCUT2D eigenvalue weighted by atomic mass is 10.3. The van der Waals surface area contributed by atoms with Gasteiger partial charge in [0.05, 0.1) is 0 Å². The van der Waals surface area contributed by atoms with E-state index in [9.17, 15) is 14.4 Å². The highest BCUT2D eigenvalue weighted by molar-refractivity contribution is 5.76. The van der Waals surface area contributed by atoms with Crippen molar-refractivity contribution < 1.29 is 4.79 Å². The fraction of sp³-hybridized carbons (Fsp3) is 0.294. The van der Waals surface area contributed by atoms with E-state index in [0.717, 1.165) is 24.0 Å². The Kier molecular flexibility index (Phi) is 5.08. The standard InChI is InChI=1S/C17H19N5O3/c23-14(5-11-22-12-6-15(24)20-17(22)25)18-8-2-9-21-10-4-13-3-1-7-19-16(13)21/h1,3-4,6-7,10,12H,2,5,8-9,11H2,(H,18,23)(H,20,24,25). The third-order valence-corrected chi connectivity index (χ3v) is 3.90. The van der Waals surface area contributed by atoms with Gasteiger partial charge in [0.15, 0.2) is 0 Å². The van der Waals surface area contributed by atoms with Crippen LogP contribution in [0.5, 0.6) is 0 Å². The largest absolute Gasteiger partial charge is 0.356 e. The maximum atomic E-state index is 11.9. The van der Waals surface area contributed by atoms with E-state index in [4.69, 9.17) is 0 Å². The highest BCUT2D eigenvalue weighted by atomic mass is 16.2. The van der Waals surface area contributed by atoms with Crippen LogP contribution in [0.2, 0.25) is 0 Å².